The highest BCUT2D eigenvalue weighted by Crippen LogP contribution is 2.43. The molecule has 2 aliphatic rings. The first-order valence-electron chi connectivity index (χ1n) is 5.86. The first kappa shape index (κ1) is 13.9. The maximum atomic E-state index is 11.6. The second kappa shape index (κ2) is 5.22. The number of hydrogen-bond acceptors (Lipinski definition) is 5. The highest BCUT2D eigenvalue weighted by atomic mass is 32.2. The van der Waals surface area contributed by atoms with E-state index >= 15 is 0 Å². The number of nitrogens with two attached hydrogens (primary N) is 1. The van der Waals surface area contributed by atoms with Crippen molar-refractivity contribution in [1.29, 1.82) is 0 Å². The number of amides is 2. The van der Waals surface area contributed by atoms with Crippen molar-refractivity contribution < 1.29 is 19.5 Å². The van der Waals surface area contributed by atoms with Crippen molar-refractivity contribution in [3.05, 3.63) is 10.6 Å². The molecule has 2 rings (SSSR count). The molecule has 0 aromatic carbocycles. The van der Waals surface area contributed by atoms with E-state index in [1.54, 1.807) is 0 Å². The monoisotopic (exact) mass is 285 g/mol. The molecule has 2 unspecified atom stereocenters. The van der Waals surface area contributed by atoms with Gasteiger partial charge in [0.2, 0.25) is 11.8 Å². The number of carbonyl (C=O) groups is 3. The van der Waals surface area contributed by atoms with Gasteiger partial charge in [0, 0.05) is 24.1 Å². The number of hydrogen-bond donors (Lipinski definition) is 3. The Morgan fingerprint density at radius 2 is 2.26 bits per heavy atom. The number of carboxylic acids is 1. The molecule has 1 fully saturated rings. The summed E-state index contributed by atoms with van der Waals surface area (Å²) in [5.41, 5.74) is 5.41. The lowest BCUT2D eigenvalue weighted by Gasteiger charge is -2.38. The van der Waals surface area contributed by atoms with E-state index in [9.17, 15) is 19.5 Å². The lowest BCUT2D eigenvalue weighted by Crippen LogP contribution is -2.57. The molecule has 8 heteroatoms. The minimum Gasteiger partial charge on any atom is -0.477 e. The van der Waals surface area contributed by atoms with Gasteiger partial charge in [-0.2, -0.15) is 0 Å². The van der Waals surface area contributed by atoms with Gasteiger partial charge in [0.05, 0.1) is 18.5 Å². The molecule has 0 aliphatic carbocycles. The van der Waals surface area contributed by atoms with E-state index in [2.05, 4.69) is 5.32 Å². The Labute approximate surface area is 114 Å². The van der Waals surface area contributed by atoms with Gasteiger partial charge in [-0.05, 0) is 0 Å². The van der Waals surface area contributed by atoms with Gasteiger partial charge < -0.3 is 16.2 Å². The van der Waals surface area contributed by atoms with Crippen LogP contribution >= 0.6 is 11.8 Å². The molecule has 104 valence electrons. The van der Waals surface area contributed by atoms with Gasteiger partial charge in [0.1, 0.15) is 5.70 Å². The molecule has 19 heavy (non-hydrogen) atoms. The smallest absolute Gasteiger partial charge is 0.353 e. The van der Waals surface area contributed by atoms with Crippen molar-refractivity contribution in [2.24, 2.45) is 5.73 Å². The quantitative estimate of drug-likeness (QED) is 0.564. The van der Waals surface area contributed by atoms with Crippen LogP contribution in [0.2, 0.25) is 0 Å². The summed E-state index contributed by atoms with van der Waals surface area (Å²) in [4.78, 5) is 35.9. The van der Waals surface area contributed by atoms with Gasteiger partial charge in [0.25, 0.3) is 0 Å². The van der Waals surface area contributed by atoms with E-state index in [1.807, 2.05) is 0 Å². The Bertz CT molecular complexity index is 477. The number of nitrogens with zero attached hydrogens (tertiary/aromatic N) is 1. The number of rotatable bonds is 5. The zero-order valence-electron chi connectivity index (χ0n) is 10.4. The number of carbonyl (C=O) groups excluding carboxylic acids is 2. The fourth-order valence-electron chi connectivity index (χ4n) is 2.36. The van der Waals surface area contributed by atoms with E-state index < -0.39 is 12.0 Å². The first-order valence-corrected chi connectivity index (χ1v) is 6.85. The average Bonchev–Trinajstić information content (AvgIpc) is 2.55. The SMILES string of the molecule is CC(=O)NC1C(SCCN)=C(C(=O)O)N2C(=O)CC12. The summed E-state index contributed by atoms with van der Waals surface area (Å²) >= 11 is 1.29. The number of β-lactam (4-membered cyclic amide) rings is 1. The highest BCUT2D eigenvalue weighted by molar-refractivity contribution is 8.03. The molecule has 4 N–H and O–H groups in total. The molecule has 0 saturated carbocycles. The van der Waals surface area contributed by atoms with Crippen molar-refractivity contribution in [1.82, 2.24) is 10.2 Å². The van der Waals surface area contributed by atoms with Crippen LogP contribution < -0.4 is 11.1 Å². The van der Waals surface area contributed by atoms with E-state index in [0.717, 1.165) is 0 Å². The lowest BCUT2D eigenvalue weighted by molar-refractivity contribution is -0.148. The highest BCUT2D eigenvalue weighted by Gasteiger charge is 2.53. The van der Waals surface area contributed by atoms with Crippen LogP contribution in [0, 0.1) is 0 Å². The Morgan fingerprint density at radius 1 is 1.58 bits per heavy atom. The van der Waals surface area contributed by atoms with Crippen LogP contribution in [-0.2, 0) is 14.4 Å². The van der Waals surface area contributed by atoms with E-state index in [1.165, 1.54) is 23.6 Å². The maximum Gasteiger partial charge on any atom is 0.353 e. The topological polar surface area (TPSA) is 113 Å². The summed E-state index contributed by atoms with van der Waals surface area (Å²) in [5.74, 6) is -1.08. The van der Waals surface area contributed by atoms with Crippen LogP contribution in [0.3, 0.4) is 0 Å². The standard InChI is InChI=1S/C11H15N3O4S/c1-5(15)13-8-6-4-7(16)14(6)9(11(17)18)10(8)19-3-2-12/h6,8H,2-4,12H2,1H3,(H,13,15)(H,17,18). The number of carboxylic acid groups (broad SMARTS) is 1. The predicted octanol–water partition coefficient (Wildman–Crippen LogP) is -0.906. The number of fused-ring (bicyclic) bond motifs is 1. The first-order chi connectivity index (χ1) is 8.97. The molecule has 2 atom stereocenters. The lowest BCUT2D eigenvalue weighted by atomic mass is 9.98. The fourth-order valence-corrected chi connectivity index (χ4v) is 3.41. The molecule has 1 saturated heterocycles. The van der Waals surface area contributed by atoms with Crippen LogP contribution in [0.5, 0.6) is 0 Å². The van der Waals surface area contributed by atoms with Crippen LogP contribution in [0.25, 0.3) is 0 Å². The predicted molar refractivity (Wildman–Crippen MR) is 69.0 cm³/mol. The molecular formula is C11H15N3O4S. The molecule has 0 spiro atoms. The van der Waals surface area contributed by atoms with Crippen molar-refractivity contribution in [2.75, 3.05) is 12.3 Å². The number of nitrogens with one attached hydrogen (secondary N) is 1. The van der Waals surface area contributed by atoms with Gasteiger partial charge in [-0.3, -0.25) is 14.5 Å². The molecule has 7 nitrogen and oxygen atoms in total. The van der Waals surface area contributed by atoms with E-state index in [4.69, 9.17) is 5.73 Å². The van der Waals surface area contributed by atoms with Gasteiger partial charge in [-0.15, -0.1) is 11.8 Å². The number of thioether (sulfide) groups is 1. The van der Waals surface area contributed by atoms with Gasteiger partial charge >= 0.3 is 5.97 Å². The Balaban J connectivity index is 2.34. The summed E-state index contributed by atoms with van der Waals surface area (Å²) in [6.07, 6.45) is 0.258. The number of aliphatic carboxylic acids is 1. The third-order valence-electron chi connectivity index (χ3n) is 3.06. The maximum absolute atomic E-state index is 11.6. The summed E-state index contributed by atoms with van der Waals surface area (Å²) in [5, 5.41) is 12.0. The van der Waals surface area contributed by atoms with Crippen LogP contribution in [0.1, 0.15) is 13.3 Å². The largest absolute Gasteiger partial charge is 0.477 e. The minimum atomic E-state index is -1.15. The molecule has 0 aromatic rings. The van der Waals surface area contributed by atoms with Crippen molar-refractivity contribution in [2.45, 2.75) is 25.4 Å². The molecule has 2 heterocycles. The second-order valence-electron chi connectivity index (χ2n) is 4.37. The molecule has 2 aliphatic heterocycles. The van der Waals surface area contributed by atoms with E-state index in [-0.39, 0.29) is 30.0 Å². The van der Waals surface area contributed by atoms with Crippen LogP contribution in [0.4, 0.5) is 0 Å². The summed E-state index contributed by atoms with van der Waals surface area (Å²) < 4.78 is 0. The normalized spacial score (nSPS) is 25.2. The molecule has 2 amide bonds. The van der Waals surface area contributed by atoms with Crippen LogP contribution in [0.15, 0.2) is 10.6 Å². The Hall–Kier alpha value is -1.54. The average molecular weight is 285 g/mol. The summed E-state index contributed by atoms with van der Waals surface area (Å²) in [6, 6.07) is -0.708. The molecule has 0 radical (unpaired) electrons. The Kier molecular flexibility index (Phi) is 3.81. The molecule has 0 bridgehead atoms. The Morgan fingerprint density at radius 3 is 2.74 bits per heavy atom. The third-order valence-corrected chi connectivity index (χ3v) is 4.26. The molecular weight excluding hydrogens is 270 g/mol. The van der Waals surface area contributed by atoms with Crippen molar-refractivity contribution in [3.8, 4) is 0 Å². The summed E-state index contributed by atoms with van der Waals surface area (Å²) in [6.45, 7) is 1.77. The van der Waals surface area contributed by atoms with Gasteiger partial charge in [0.15, 0.2) is 0 Å². The van der Waals surface area contributed by atoms with Crippen LogP contribution in [-0.4, -0.2) is 52.2 Å². The zero-order valence-corrected chi connectivity index (χ0v) is 11.2. The molecule has 0 aromatic heterocycles. The van der Waals surface area contributed by atoms with E-state index in [0.29, 0.717) is 17.2 Å². The third kappa shape index (κ3) is 2.33. The fraction of sp³-hybridized carbons (Fsp3) is 0.545. The summed E-state index contributed by atoms with van der Waals surface area (Å²) in [7, 11) is 0. The van der Waals surface area contributed by atoms with Gasteiger partial charge in [-0.25, -0.2) is 4.79 Å². The zero-order chi connectivity index (χ0) is 14.2. The minimum absolute atomic E-state index is 0.0153. The second-order valence-corrected chi connectivity index (χ2v) is 5.51. The van der Waals surface area contributed by atoms with Crippen molar-refractivity contribution in [3.63, 3.8) is 0 Å². The van der Waals surface area contributed by atoms with Crippen molar-refractivity contribution >= 4 is 29.5 Å². The van der Waals surface area contributed by atoms with Gasteiger partial charge in [-0.1, -0.05) is 0 Å².